The molecule has 2 saturated carbocycles. The molecule has 1 atom stereocenters. The predicted molar refractivity (Wildman–Crippen MR) is 98.7 cm³/mol. The van der Waals surface area contributed by atoms with Crippen molar-refractivity contribution < 1.29 is 26.6 Å². The van der Waals surface area contributed by atoms with Crippen LogP contribution in [-0.2, 0) is 26.6 Å². The van der Waals surface area contributed by atoms with Crippen LogP contribution in [0.5, 0.6) is 0 Å². The Balaban J connectivity index is 0.000000448. The summed E-state index contributed by atoms with van der Waals surface area (Å²) in [5, 5.41) is 2.98. The molecule has 0 aromatic carbocycles. The van der Waals surface area contributed by atoms with Crippen LogP contribution in [0.3, 0.4) is 0 Å². The van der Waals surface area contributed by atoms with E-state index in [4.69, 9.17) is 4.74 Å². The minimum atomic E-state index is -0.0440. The Hall–Kier alpha value is -0.491. The largest absolute Gasteiger partial charge is 0.356 e. The summed E-state index contributed by atoms with van der Waals surface area (Å²) in [5.41, 5.74) is 0. The summed E-state index contributed by atoms with van der Waals surface area (Å²) in [6, 6.07) is 0. The average Bonchev–Trinajstić information content (AvgIpc) is 3.28. The number of rotatable bonds is 5. The van der Waals surface area contributed by atoms with E-state index in [-0.39, 0.29) is 35.7 Å². The van der Waals surface area contributed by atoms with E-state index >= 15 is 0 Å². The molecule has 0 aliphatic heterocycles. The number of amides is 1. The minimum absolute atomic E-state index is 0. The van der Waals surface area contributed by atoms with Crippen molar-refractivity contribution in [2.24, 2.45) is 5.92 Å². The molecule has 1 amide bonds. The molecule has 0 heterocycles. The second kappa shape index (κ2) is 14.7. The maximum atomic E-state index is 11.7. The number of carbonyl (C=O) groups excluding carboxylic acids is 1. The Morgan fingerprint density at radius 1 is 0.880 bits per heavy atom. The number of hydrogen-bond donors (Lipinski definition) is 1. The van der Waals surface area contributed by atoms with Crippen molar-refractivity contribution in [1.29, 1.82) is 0 Å². The molecule has 0 saturated heterocycles. The molecule has 144 valence electrons. The van der Waals surface area contributed by atoms with E-state index in [1.807, 2.05) is 0 Å². The molecule has 3 aliphatic carbocycles. The number of ether oxygens (including phenoxy) is 1. The third kappa shape index (κ3) is 11.0. The van der Waals surface area contributed by atoms with Crippen LogP contribution in [0.15, 0.2) is 0 Å². The zero-order chi connectivity index (χ0) is 16.9. The van der Waals surface area contributed by atoms with Crippen LogP contribution >= 0.6 is 0 Å². The van der Waals surface area contributed by atoms with Crippen LogP contribution in [0, 0.1) is 17.8 Å². The monoisotopic (exact) mass is 389 g/mol. The Morgan fingerprint density at radius 2 is 1.48 bits per heavy atom. The van der Waals surface area contributed by atoms with E-state index in [0.717, 1.165) is 25.8 Å². The summed E-state index contributed by atoms with van der Waals surface area (Å²) in [6.45, 7) is 0.977. The molecule has 2 fully saturated rings. The first-order valence-corrected chi connectivity index (χ1v) is 10.2. The van der Waals surface area contributed by atoms with E-state index in [1.54, 1.807) is 0 Å². The molecule has 4 heteroatoms. The van der Waals surface area contributed by atoms with Gasteiger partial charge in [-0.25, -0.2) is 0 Å². The topological polar surface area (TPSA) is 38.3 Å². The molecule has 0 aromatic rings. The third-order valence-electron chi connectivity index (χ3n) is 5.26. The van der Waals surface area contributed by atoms with Crippen molar-refractivity contribution in [2.45, 2.75) is 96.0 Å². The molecule has 1 N–H and O–H groups in total. The molecule has 25 heavy (non-hydrogen) atoms. The second-order valence-corrected chi connectivity index (χ2v) is 7.44. The van der Waals surface area contributed by atoms with Crippen LogP contribution in [0.25, 0.3) is 0 Å². The van der Waals surface area contributed by atoms with E-state index < -0.39 is 0 Å². The van der Waals surface area contributed by atoms with Crippen LogP contribution in [0.4, 0.5) is 0 Å². The third-order valence-corrected chi connectivity index (χ3v) is 5.26. The summed E-state index contributed by atoms with van der Waals surface area (Å²) in [6.07, 6.45) is 18.1. The van der Waals surface area contributed by atoms with E-state index in [0.29, 0.717) is 5.92 Å². The van der Waals surface area contributed by atoms with Crippen LogP contribution in [-0.4, -0.2) is 25.2 Å². The molecule has 0 aromatic heterocycles. The normalized spacial score (nSPS) is 23.1. The summed E-state index contributed by atoms with van der Waals surface area (Å²) >= 11 is 0. The number of carbonyl (C=O) groups is 1. The van der Waals surface area contributed by atoms with Crippen molar-refractivity contribution in [3.05, 3.63) is 0 Å². The minimum Gasteiger partial charge on any atom is -0.356 e. The van der Waals surface area contributed by atoms with Gasteiger partial charge in [-0.15, -0.1) is 5.92 Å². The van der Waals surface area contributed by atoms with Crippen LogP contribution in [0.2, 0.25) is 0 Å². The molecule has 3 nitrogen and oxygen atoms in total. The van der Waals surface area contributed by atoms with E-state index in [1.165, 1.54) is 70.6 Å². The van der Waals surface area contributed by atoms with Crippen molar-refractivity contribution in [3.63, 3.8) is 0 Å². The molecular formula is C21H35FeNO2. The van der Waals surface area contributed by atoms with Gasteiger partial charge in [-0.1, -0.05) is 57.3 Å². The van der Waals surface area contributed by atoms with Crippen LogP contribution < -0.4 is 5.32 Å². The Morgan fingerprint density at radius 3 is 2.16 bits per heavy atom. The van der Waals surface area contributed by atoms with Crippen molar-refractivity contribution in [3.8, 4) is 11.8 Å². The quantitative estimate of drug-likeness (QED) is 0.552. The van der Waals surface area contributed by atoms with E-state index in [9.17, 15) is 4.79 Å². The van der Waals surface area contributed by atoms with E-state index in [2.05, 4.69) is 17.2 Å². The predicted octanol–water partition coefficient (Wildman–Crippen LogP) is 4.59. The van der Waals surface area contributed by atoms with Gasteiger partial charge in [-0.05, 0) is 38.0 Å². The summed E-state index contributed by atoms with van der Waals surface area (Å²) in [7, 11) is 0. The summed E-state index contributed by atoms with van der Waals surface area (Å²) < 4.78 is 5.61. The molecular weight excluding hydrogens is 354 g/mol. The van der Waals surface area contributed by atoms with Gasteiger partial charge in [0.25, 0.3) is 0 Å². The van der Waals surface area contributed by atoms with Crippen molar-refractivity contribution in [1.82, 2.24) is 5.32 Å². The Kier molecular flexibility index (Phi) is 13.2. The van der Waals surface area contributed by atoms with Gasteiger partial charge in [-0.2, -0.15) is 0 Å². The van der Waals surface area contributed by atoms with Crippen molar-refractivity contribution in [2.75, 3.05) is 13.2 Å². The molecule has 1 unspecified atom stereocenters. The van der Waals surface area contributed by atoms with Crippen molar-refractivity contribution >= 4 is 5.91 Å². The van der Waals surface area contributed by atoms with Gasteiger partial charge in [0.1, 0.15) is 12.7 Å². The van der Waals surface area contributed by atoms with Gasteiger partial charge in [-0.3, -0.25) is 4.79 Å². The molecule has 0 spiro atoms. The standard InChI is InChI=1S/C16H25NO2.C5H10.Fe/c18-16(17-12-14-8-6-7-9-14)13-19-15-10-4-2-1-3-5-11-15;1-2-4-5-3-1;/h14-15H,1-4,6-10,12-13H2,(H,17,18);1-5H2;. The van der Waals surface area contributed by atoms with Gasteiger partial charge in [0, 0.05) is 30.0 Å². The fraction of sp³-hybridized carbons (Fsp3) is 0.857. The smallest absolute Gasteiger partial charge is 0.246 e. The molecule has 3 rings (SSSR count). The first-order chi connectivity index (χ1) is 11.8. The number of nitrogens with one attached hydrogen (secondary N) is 1. The maximum Gasteiger partial charge on any atom is 0.246 e. The number of hydrogen-bond acceptors (Lipinski definition) is 2. The second-order valence-electron chi connectivity index (χ2n) is 7.44. The molecule has 0 radical (unpaired) electrons. The fourth-order valence-electron chi connectivity index (χ4n) is 3.69. The zero-order valence-corrected chi connectivity index (χ0v) is 16.7. The van der Waals surface area contributed by atoms with Gasteiger partial charge in [0.15, 0.2) is 0 Å². The molecule has 0 bridgehead atoms. The van der Waals surface area contributed by atoms with Crippen LogP contribution in [0.1, 0.15) is 89.9 Å². The average molecular weight is 389 g/mol. The maximum absolute atomic E-state index is 11.7. The summed E-state index contributed by atoms with van der Waals surface area (Å²) in [5.74, 6) is 6.95. The summed E-state index contributed by atoms with van der Waals surface area (Å²) in [4.78, 5) is 11.7. The first kappa shape index (κ1) is 22.6. The van der Waals surface area contributed by atoms with Gasteiger partial charge < -0.3 is 10.1 Å². The fourth-order valence-corrected chi connectivity index (χ4v) is 3.69. The molecule has 3 aliphatic rings. The SMILES string of the molecule is C1CCCC1.O=C(COC1C#CCCCCC1)NCC1CCCC1.[Fe]. The zero-order valence-electron chi connectivity index (χ0n) is 15.6. The van der Waals surface area contributed by atoms with Gasteiger partial charge >= 0.3 is 0 Å². The first-order valence-electron chi connectivity index (χ1n) is 10.2. The van der Waals surface area contributed by atoms with Gasteiger partial charge in [0.05, 0.1) is 0 Å². The Bertz CT molecular complexity index is 398. The Labute approximate surface area is 164 Å². The van der Waals surface area contributed by atoms with Gasteiger partial charge in [0.2, 0.25) is 5.91 Å².